The second kappa shape index (κ2) is 3.45. The van der Waals surface area contributed by atoms with Crippen molar-refractivity contribution in [2.45, 2.75) is 25.4 Å². The number of nitrogens with one attached hydrogen (secondary N) is 1. The van der Waals surface area contributed by atoms with Crippen LogP contribution in [0.2, 0.25) is 0 Å². The predicted octanol–water partition coefficient (Wildman–Crippen LogP) is 0.633. The molecule has 1 unspecified atom stereocenters. The van der Waals surface area contributed by atoms with E-state index in [0.29, 0.717) is 12.6 Å². The molecule has 6 heteroatoms. The molecule has 1 aliphatic rings. The van der Waals surface area contributed by atoms with Gasteiger partial charge in [0.15, 0.2) is 0 Å². The molecule has 0 amide bonds. The van der Waals surface area contributed by atoms with Crippen molar-refractivity contribution >= 4 is 12.0 Å². The minimum absolute atomic E-state index is 0.0741. The first-order valence-electron chi connectivity index (χ1n) is 4.65. The summed E-state index contributed by atoms with van der Waals surface area (Å²) in [4.78, 5) is 0. The lowest BCUT2D eigenvalue weighted by atomic mass is 10.0. The highest BCUT2D eigenvalue weighted by molar-refractivity contribution is 5.23. The summed E-state index contributed by atoms with van der Waals surface area (Å²) >= 11 is 0. The van der Waals surface area contributed by atoms with Crippen LogP contribution in [0.1, 0.15) is 19.8 Å². The van der Waals surface area contributed by atoms with Crippen molar-refractivity contribution in [1.82, 2.24) is 10.2 Å². The fraction of sp³-hybridized carbons (Fsp3) is 0.750. The Morgan fingerprint density at radius 1 is 1.57 bits per heavy atom. The van der Waals surface area contributed by atoms with Gasteiger partial charge in [-0.2, -0.15) is 0 Å². The topological polar surface area (TPSA) is 86.2 Å². The number of nitrogen functional groups attached to an aromatic ring is 1. The van der Waals surface area contributed by atoms with Crippen LogP contribution in [0.3, 0.4) is 0 Å². The van der Waals surface area contributed by atoms with Gasteiger partial charge in [-0.25, -0.2) is 0 Å². The van der Waals surface area contributed by atoms with Crippen molar-refractivity contribution in [2.24, 2.45) is 0 Å². The van der Waals surface area contributed by atoms with E-state index in [4.69, 9.17) is 14.9 Å². The zero-order valence-corrected chi connectivity index (χ0v) is 8.12. The van der Waals surface area contributed by atoms with Gasteiger partial charge in [0.25, 0.3) is 0 Å². The van der Waals surface area contributed by atoms with Gasteiger partial charge in [-0.05, 0) is 19.8 Å². The summed E-state index contributed by atoms with van der Waals surface area (Å²) in [6, 6.07) is 0.421. The third-order valence-corrected chi connectivity index (χ3v) is 2.35. The van der Waals surface area contributed by atoms with E-state index in [1.165, 1.54) is 0 Å². The van der Waals surface area contributed by atoms with Gasteiger partial charge in [-0.3, -0.25) is 0 Å². The Bertz CT molecular complexity index is 306. The molecule has 0 spiro atoms. The lowest BCUT2D eigenvalue weighted by Gasteiger charge is -2.22. The number of ether oxygens (including phenoxy) is 1. The number of aromatic nitrogens is 2. The third-order valence-electron chi connectivity index (χ3n) is 2.35. The average molecular weight is 198 g/mol. The SMILES string of the molecule is CC1(CNc2nnc(N)o2)CCCO1. The molecular formula is C8H14N4O2. The van der Waals surface area contributed by atoms with Crippen LogP contribution >= 0.6 is 0 Å². The van der Waals surface area contributed by atoms with E-state index in [1.54, 1.807) is 0 Å². The maximum Gasteiger partial charge on any atom is 0.316 e. The second-order valence-electron chi connectivity index (χ2n) is 3.70. The third kappa shape index (κ3) is 1.95. The lowest BCUT2D eigenvalue weighted by molar-refractivity contribution is 0.0311. The lowest BCUT2D eigenvalue weighted by Crippen LogP contribution is -2.32. The van der Waals surface area contributed by atoms with Crippen molar-refractivity contribution in [3.63, 3.8) is 0 Å². The van der Waals surface area contributed by atoms with Crippen LogP contribution in [0, 0.1) is 0 Å². The Morgan fingerprint density at radius 3 is 3.00 bits per heavy atom. The highest BCUT2D eigenvalue weighted by Gasteiger charge is 2.29. The standard InChI is InChI=1S/C8H14N4O2/c1-8(3-2-4-13-8)5-10-7-12-11-6(9)14-7/h2-5H2,1H3,(H2,9,11)(H,10,12). The van der Waals surface area contributed by atoms with Gasteiger partial charge < -0.3 is 20.2 Å². The summed E-state index contributed by atoms with van der Waals surface area (Å²) in [6.45, 7) is 3.55. The van der Waals surface area contributed by atoms with Gasteiger partial charge in [0, 0.05) is 13.2 Å². The number of anilines is 2. The molecule has 0 aromatic carbocycles. The summed E-state index contributed by atoms with van der Waals surface area (Å²) in [7, 11) is 0. The minimum Gasteiger partial charge on any atom is -0.390 e. The van der Waals surface area contributed by atoms with Crippen LogP contribution in [0.4, 0.5) is 12.0 Å². The molecule has 0 aliphatic carbocycles. The molecule has 3 N–H and O–H groups in total. The summed E-state index contributed by atoms with van der Waals surface area (Å²) in [5.41, 5.74) is 5.16. The summed E-state index contributed by atoms with van der Waals surface area (Å²) in [5.74, 6) is 0. The molecule has 78 valence electrons. The Kier molecular flexibility index (Phi) is 2.28. The van der Waals surface area contributed by atoms with Gasteiger partial charge in [0.05, 0.1) is 5.60 Å². The first-order valence-corrected chi connectivity index (χ1v) is 4.65. The van der Waals surface area contributed by atoms with Gasteiger partial charge in [-0.1, -0.05) is 10.2 Å². The average Bonchev–Trinajstić information content (AvgIpc) is 2.73. The van der Waals surface area contributed by atoms with Crippen molar-refractivity contribution in [2.75, 3.05) is 24.2 Å². The van der Waals surface area contributed by atoms with Crippen LogP contribution in [-0.2, 0) is 4.74 Å². The molecule has 1 saturated heterocycles. The fourth-order valence-corrected chi connectivity index (χ4v) is 1.54. The van der Waals surface area contributed by atoms with Crippen LogP contribution in [0.15, 0.2) is 4.42 Å². The Labute approximate surface area is 81.8 Å². The van der Waals surface area contributed by atoms with Crippen molar-refractivity contribution in [3.05, 3.63) is 0 Å². The number of hydrogen-bond donors (Lipinski definition) is 2. The molecule has 1 fully saturated rings. The van der Waals surface area contributed by atoms with Gasteiger partial charge in [-0.15, -0.1) is 0 Å². The summed E-state index contributed by atoms with van der Waals surface area (Å²) < 4.78 is 10.6. The number of rotatable bonds is 3. The molecule has 1 atom stereocenters. The summed E-state index contributed by atoms with van der Waals surface area (Å²) in [5, 5.41) is 10.2. The monoisotopic (exact) mass is 198 g/mol. The smallest absolute Gasteiger partial charge is 0.316 e. The molecule has 0 saturated carbocycles. The van der Waals surface area contributed by atoms with Crippen LogP contribution < -0.4 is 11.1 Å². The molecule has 0 radical (unpaired) electrons. The Balaban J connectivity index is 1.87. The normalized spacial score (nSPS) is 26.6. The number of nitrogens with zero attached hydrogens (tertiary/aromatic N) is 2. The summed E-state index contributed by atoms with van der Waals surface area (Å²) in [6.07, 6.45) is 2.15. The zero-order valence-electron chi connectivity index (χ0n) is 8.12. The first-order chi connectivity index (χ1) is 6.68. The van der Waals surface area contributed by atoms with E-state index < -0.39 is 0 Å². The van der Waals surface area contributed by atoms with Crippen LogP contribution in [-0.4, -0.2) is 29.0 Å². The van der Waals surface area contributed by atoms with Gasteiger partial charge in [0.1, 0.15) is 0 Å². The van der Waals surface area contributed by atoms with E-state index in [-0.39, 0.29) is 11.6 Å². The quantitative estimate of drug-likeness (QED) is 0.741. The molecule has 14 heavy (non-hydrogen) atoms. The van der Waals surface area contributed by atoms with Crippen LogP contribution in [0.25, 0.3) is 0 Å². The largest absolute Gasteiger partial charge is 0.390 e. The molecule has 1 aromatic rings. The highest BCUT2D eigenvalue weighted by Crippen LogP contribution is 2.25. The van der Waals surface area contributed by atoms with E-state index in [0.717, 1.165) is 19.4 Å². The molecule has 2 heterocycles. The molecule has 2 rings (SSSR count). The molecule has 0 bridgehead atoms. The molecule has 6 nitrogen and oxygen atoms in total. The maximum atomic E-state index is 5.59. The second-order valence-corrected chi connectivity index (χ2v) is 3.70. The van der Waals surface area contributed by atoms with Gasteiger partial charge >= 0.3 is 12.0 Å². The predicted molar refractivity (Wildman–Crippen MR) is 50.8 cm³/mol. The Morgan fingerprint density at radius 2 is 2.43 bits per heavy atom. The van der Waals surface area contributed by atoms with E-state index >= 15 is 0 Å². The zero-order chi connectivity index (χ0) is 10.0. The first kappa shape index (κ1) is 9.26. The van der Waals surface area contributed by atoms with Crippen molar-refractivity contribution in [1.29, 1.82) is 0 Å². The number of hydrogen-bond acceptors (Lipinski definition) is 6. The number of nitrogens with two attached hydrogens (primary N) is 1. The fourth-order valence-electron chi connectivity index (χ4n) is 1.54. The molecule has 1 aliphatic heterocycles. The van der Waals surface area contributed by atoms with Crippen LogP contribution in [0.5, 0.6) is 0 Å². The van der Waals surface area contributed by atoms with Crippen molar-refractivity contribution < 1.29 is 9.15 Å². The maximum absolute atomic E-state index is 5.59. The molecular weight excluding hydrogens is 184 g/mol. The van der Waals surface area contributed by atoms with Crippen molar-refractivity contribution in [3.8, 4) is 0 Å². The Hall–Kier alpha value is -1.30. The van der Waals surface area contributed by atoms with E-state index in [1.807, 2.05) is 0 Å². The minimum atomic E-state index is -0.122. The molecule has 1 aromatic heterocycles. The van der Waals surface area contributed by atoms with Gasteiger partial charge in [0.2, 0.25) is 0 Å². The van der Waals surface area contributed by atoms with E-state index in [9.17, 15) is 0 Å². The van der Waals surface area contributed by atoms with E-state index in [2.05, 4.69) is 22.4 Å². The highest BCUT2D eigenvalue weighted by atomic mass is 16.5.